The molecular weight excluding hydrogens is 321 g/mol. The largest absolute Gasteiger partial charge is 0.376 e. The average Bonchev–Trinajstić information content (AvgIpc) is 3.18. The van der Waals surface area contributed by atoms with Gasteiger partial charge in [-0.05, 0) is 37.1 Å². The van der Waals surface area contributed by atoms with Crippen LogP contribution in [0.15, 0.2) is 34.2 Å². The summed E-state index contributed by atoms with van der Waals surface area (Å²) in [7, 11) is 0. The van der Waals surface area contributed by atoms with Crippen LogP contribution in [0.2, 0.25) is 0 Å². The van der Waals surface area contributed by atoms with Gasteiger partial charge in [0.05, 0.1) is 18.4 Å². The molecule has 2 aromatic rings. The Morgan fingerprint density at radius 1 is 1.43 bits per heavy atom. The van der Waals surface area contributed by atoms with Crippen LogP contribution < -0.4 is 5.69 Å². The molecule has 23 heavy (non-hydrogen) atoms. The molecule has 122 valence electrons. The molecule has 0 amide bonds. The number of benzene rings is 1. The molecule has 1 atom stereocenters. The second-order valence-electron chi connectivity index (χ2n) is 5.28. The number of halogens is 1. The zero-order valence-electron chi connectivity index (χ0n) is 12.3. The van der Waals surface area contributed by atoms with Crippen LogP contribution in [0.25, 0.3) is 0 Å². The first-order chi connectivity index (χ1) is 11.1. The number of Topliss-reactive ketones (excluding diaryl/α,β-unsaturated/α-hetero) is 1. The highest BCUT2D eigenvalue weighted by molar-refractivity contribution is 7.99. The zero-order chi connectivity index (χ0) is 16.2. The highest BCUT2D eigenvalue weighted by Gasteiger charge is 2.20. The van der Waals surface area contributed by atoms with Crippen LogP contribution >= 0.6 is 11.8 Å². The Hall–Kier alpha value is -1.93. The first-order valence-electron chi connectivity index (χ1n) is 7.32. The van der Waals surface area contributed by atoms with Crippen molar-refractivity contribution in [2.24, 2.45) is 0 Å². The van der Waals surface area contributed by atoms with Crippen molar-refractivity contribution in [2.45, 2.75) is 30.6 Å². The van der Waals surface area contributed by atoms with Crippen LogP contribution in [0, 0.1) is 5.82 Å². The average molecular weight is 337 g/mol. The summed E-state index contributed by atoms with van der Waals surface area (Å²) >= 11 is 1.18. The fraction of sp³-hybridized carbons (Fsp3) is 0.400. The molecule has 1 aromatic heterocycles. The third kappa shape index (κ3) is 3.89. The third-order valence-corrected chi connectivity index (χ3v) is 4.61. The van der Waals surface area contributed by atoms with Crippen molar-refractivity contribution in [3.05, 3.63) is 46.1 Å². The summed E-state index contributed by atoms with van der Waals surface area (Å²) in [4.78, 5) is 23.9. The quantitative estimate of drug-likeness (QED) is 0.643. The Morgan fingerprint density at radius 3 is 2.91 bits per heavy atom. The van der Waals surface area contributed by atoms with E-state index in [4.69, 9.17) is 4.74 Å². The molecule has 2 heterocycles. The van der Waals surface area contributed by atoms with Gasteiger partial charge in [-0.3, -0.25) is 9.36 Å². The van der Waals surface area contributed by atoms with Gasteiger partial charge >= 0.3 is 5.69 Å². The molecule has 1 saturated heterocycles. The molecule has 0 spiro atoms. The number of aromatic amines is 1. The molecule has 0 aliphatic carbocycles. The van der Waals surface area contributed by atoms with Crippen LogP contribution in [0.1, 0.15) is 23.2 Å². The predicted molar refractivity (Wildman–Crippen MR) is 83.3 cm³/mol. The minimum absolute atomic E-state index is 0.0115. The summed E-state index contributed by atoms with van der Waals surface area (Å²) < 4.78 is 19.9. The van der Waals surface area contributed by atoms with Gasteiger partial charge in [0, 0.05) is 12.2 Å². The number of H-pyrrole nitrogens is 1. The first kappa shape index (κ1) is 15.9. The number of ketones is 1. The van der Waals surface area contributed by atoms with E-state index in [1.165, 1.54) is 40.6 Å². The van der Waals surface area contributed by atoms with E-state index in [2.05, 4.69) is 10.2 Å². The van der Waals surface area contributed by atoms with Gasteiger partial charge in [-0.15, -0.1) is 5.10 Å². The summed E-state index contributed by atoms with van der Waals surface area (Å²) in [5.74, 6) is -0.400. The standard InChI is InChI=1S/C15H16FN3O3S/c16-11-5-3-10(4-6-11)13(20)9-23-15-18-17-14(21)19(15)8-12-2-1-7-22-12/h3-6,12H,1-2,7-9H2,(H,17,21). The number of hydrogen-bond acceptors (Lipinski definition) is 5. The van der Waals surface area contributed by atoms with Crippen molar-refractivity contribution < 1.29 is 13.9 Å². The molecule has 3 rings (SSSR count). The Balaban J connectivity index is 1.64. The molecule has 1 aromatic carbocycles. The maximum absolute atomic E-state index is 12.9. The highest BCUT2D eigenvalue weighted by atomic mass is 32.2. The Bertz CT molecular complexity index is 735. The minimum atomic E-state index is -0.382. The molecule has 1 aliphatic heterocycles. The maximum atomic E-state index is 12.9. The smallest absolute Gasteiger partial charge is 0.344 e. The number of nitrogens with one attached hydrogen (secondary N) is 1. The number of nitrogens with zero attached hydrogens (tertiary/aromatic N) is 2. The van der Waals surface area contributed by atoms with E-state index in [9.17, 15) is 14.0 Å². The van der Waals surface area contributed by atoms with Gasteiger partial charge in [0.1, 0.15) is 5.82 Å². The van der Waals surface area contributed by atoms with E-state index >= 15 is 0 Å². The first-order valence-corrected chi connectivity index (χ1v) is 8.30. The van der Waals surface area contributed by atoms with Crippen LogP contribution in [0.5, 0.6) is 0 Å². The van der Waals surface area contributed by atoms with Gasteiger partial charge in [-0.1, -0.05) is 11.8 Å². The van der Waals surface area contributed by atoms with Gasteiger partial charge in [0.15, 0.2) is 10.9 Å². The second kappa shape index (κ2) is 7.10. The molecule has 6 nitrogen and oxygen atoms in total. The van der Waals surface area contributed by atoms with Crippen molar-refractivity contribution >= 4 is 17.5 Å². The summed E-state index contributed by atoms with van der Waals surface area (Å²) in [6, 6.07) is 5.39. The topological polar surface area (TPSA) is 77.0 Å². The molecule has 1 fully saturated rings. The lowest BCUT2D eigenvalue weighted by atomic mass is 10.1. The summed E-state index contributed by atoms with van der Waals surface area (Å²) in [5.41, 5.74) is 0.125. The lowest BCUT2D eigenvalue weighted by Gasteiger charge is -2.10. The van der Waals surface area contributed by atoms with Crippen LogP contribution in [-0.2, 0) is 11.3 Å². The van der Waals surface area contributed by atoms with E-state index in [0.29, 0.717) is 23.9 Å². The van der Waals surface area contributed by atoms with E-state index in [-0.39, 0.29) is 29.1 Å². The Kier molecular flexibility index (Phi) is 4.92. The number of rotatable bonds is 6. The fourth-order valence-corrected chi connectivity index (χ4v) is 3.27. The van der Waals surface area contributed by atoms with E-state index in [0.717, 1.165) is 12.8 Å². The van der Waals surface area contributed by atoms with Gasteiger partial charge < -0.3 is 4.74 Å². The lowest BCUT2D eigenvalue weighted by Crippen LogP contribution is -2.25. The van der Waals surface area contributed by atoms with E-state index in [1.807, 2.05) is 0 Å². The molecule has 1 unspecified atom stereocenters. The summed E-state index contributed by atoms with van der Waals surface area (Å²) in [5, 5.41) is 6.82. The summed E-state index contributed by atoms with van der Waals surface area (Å²) in [6.07, 6.45) is 1.91. The van der Waals surface area contributed by atoms with Crippen molar-refractivity contribution in [1.29, 1.82) is 0 Å². The van der Waals surface area contributed by atoms with Crippen molar-refractivity contribution in [2.75, 3.05) is 12.4 Å². The van der Waals surface area contributed by atoms with E-state index < -0.39 is 0 Å². The Labute approximate surface area is 136 Å². The lowest BCUT2D eigenvalue weighted by molar-refractivity contribution is 0.0941. The summed E-state index contributed by atoms with van der Waals surface area (Å²) in [6.45, 7) is 1.14. The predicted octanol–water partition coefficient (Wildman–Crippen LogP) is 1.86. The minimum Gasteiger partial charge on any atom is -0.376 e. The molecule has 1 aliphatic rings. The van der Waals surface area contributed by atoms with Gasteiger partial charge in [0.25, 0.3) is 0 Å². The third-order valence-electron chi connectivity index (χ3n) is 3.63. The van der Waals surface area contributed by atoms with Gasteiger partial charge in [-0.25, -0.2) is 14.3 Å². The number of thioether (sulfide) groups is 1. The number of aromatic nitrogens is 3. The second-order valence-corrected chi connectivity index (χ2v) is 6.22. The molecule has 1 N–H and O–H groups in total. The number of ether oxygens (including phenoxy) is 1. The molecular formula is C15H16FN3O3S. The van der Waals surface area contributed by atoms with Gasteiger partial charge in [-0.2, -0.15) is 0 Å². The molecule has 0 saturated carbocycles. The number of hydrogen-bond donors (Lipinski definition) is 1. The van der Waals surface area contributed by atoms with Gasteiger partial charge in [0.2, 0.25) is 0 Å². The SMILES string of the molecule is O=C(CSc1n[nH]c(=O)n1CC1CCCO1)c1ccc(F)cc1. The normalized spacial score (nSPS) is 17.5. The number of carbonyl (C=O) groups is 1. The molecule has 8 heteroatoms. The molecule has 0 radical (unpaired) electrons. The van der Waals surface area contributed by atoms with Crippen molar-refractivity contribution in [3.63, 3.8) is 0 Å². The van der Waals surface area contributed by atoms with E-state index in [1.54, 1.807) is 0 Å². The van der Waals surface area contributed by atoms with Crippen LogP contribution in [-0.4, -0.2) is 39.0 Å². The Morgan fingerprint density at radius 2 is 2.22 bits per heavy atom. The van der Waals surface area contributed by atoms with Crippen molar-refractivity contribution in [3.8, 4) is 0 Å². The number of carbonyl (C=O) groups excluding carboxylic acids is 1. The van der Waals surface area contributed by atoms with Crippen LogP contribution in [0.4, 0.5) is 4.39 Å². The zero-order valence-corrected chi connectivity index (χ0v) is 13.1. The monoisotopic (exact) mass is 337 g/mol. The maximum Gasteiger partial charge on any atom is 0.344 e. The van der Waals surface area contributed by atoms with Crippen LogP contribution in [0.3, 0.4) is 0 Å². The molecule has 0 bridgehead atoms. The highest BCUT2D eigenvalue weighted by Crippen LogP contribution is 2.19. The fourth-order valence-electron chi connectivity index (χ4n) is 2.42. The van der Waals surface area contributed by atoms with Crippen molar-refractivity contribution in [1.82, 2.24) is 14.8 Å².